The molecule has 2 fully saturated rings. The number of para-hydroxylation sites is 1. The summed E-state index contributed by atoms with van der Waals surface area (Å²) in [5.74, 6) is -0.430. The van der Waals surface area contributed by atoms with Crippen LogP contribution in [0.4, 0.5) is 5.69 Å². The number of nitrogens with zero attached hydrogens (tertiary/aromatic N) is 2. The third kappa shape index (κ3) is 3.88. The number of amides is 2. The van der Waals surface area contributed by atoms with Crippen molar-refractivity contribution in [2.24, 2.45) is 5.92 Å². The lowest BCUT2D eigenvalue weighted by Crippen LogP contribution is -2.36. The number of rotatable bonds is 5. The number of halogens is 2. The van der Waals surface area contributed by atoms with Crippen LogP contribution in [0, 0.1) is 5.92 Å². The first-order valence-electron chi connectivity index (χ1n) is 11.5. The molecule has 36 heavy (non-hydrogen) atoms. The quantitative estimate of drug-likeness (QED) is 0.290. The first-order valence-corrected chi connectivity index (χ1v) is 12.2. The van der Waals surface area contributed by atoms with Gasteiger partial charge in [0.2, 0.25) is 5.91 Å². The average molecular weight is 519 g/mol. The largest absolute Gasteiger partial charge is 0.459 e. The zero-order valence-corrected chi connectivity index (χ0v) is 20.4. The summed E-state index contributed by atoms with van der Waals surface area (Å²) in [7, 11) is 0. The molecule has 0 saturated carbocycles. The first-order chi connectivity index (χ1) is 17.5. The van der Waals surface area contributed by atoms with Crippen LogP contribution >= 0.6 is 23.2 Å². The number of furan rings is 1. The Balaban J connectivity index is 1.39. The van der Waals surface area contributed by atoms with E-state index in [1.165, 1.54) is 4.90 Å². The number of anilines is 1. The minimum atomic E-state index is -0.949. The third-order valence-electron chi connectivity index (χ3n) is 6.51. The monoisotopic (exact) mass is 518 g/mol. The van der Waals surface area contributed by atoms with E-state index in [-0.39, 0.29) is 18.4 Å². The molecule has 8 heteroatoms. The maximum atomic E-state index is 13.7. The highest BCUT2D eigenvalue weighted by Gasteiger charge is 2.60. The molecule has 2 saturated heterocycles. The van der Waals surface area contributed by atoms with Gasteiger partial charge in [0, 0.05) is 10.6 Å². The second-order valence-corrected chi connectivity index (χ2v) is 9.58. The summed E-state index contributed by atoms with van der Waals surface area (Å²) in [5.41, 5.74) is 2.22. The molecule has 0 bridgehead atoms. The van der Waals surface area contributed by atoms with Crippen molar-refractivity contribution in [3.05, 3.63) is 112 Å². The van der Waals surface area contributed by atoms with Gasteiger partial charge in [-0.15, -0.1) is 0 Å². The van der Waals surface area contributed by atoms with Crippen molar-refractivity contribution >= 4 is 40.7 Å². The van der Waals surface area contributed by atoms with E-state index in [9.17, 15) is 9.59 Å². The van der Waals surface area contributed by atoms with Gasteiger partial charge in [-0.25, -0.2) is 5.06 Å². The van der Waals surface area contributed by atoms with Crippen LogP contribution in [0.5, 0.6) is 0 Å². The van der Waals surface area contributed by atoms with E-state index in [0.717, 1.165) is 5.56 Å². The molecule has 4 aromatic rings. The second kappa shape index (κ2) is 9.13. The third-order valence-corrected chi connectivity index (χ3v) is 7.08. The number of likely N-dealkylation sites (tertiary alicyclic amines) is 1. The fourth-order valence-electron chi connectivity index (χ4n) is 4.82. The molecule has 0 spiro atoms. The zero-order chi connectivity index (χ0) is 24.8. The van der Waals surface area contributed by atoms with Crippen molar-refractivity contribution in [3.8, 4) is 11.3 Å². The molecule has 6 nitrogen and oxygen atoms in total. The molecule has 3 aromatic carbocycles. The van der Waals surface area contributed by atoms with Crippen LogP contribution < -0.4 is 5.06 Å². The number of fused-ring (bicyclic) bond motifs is 1. The van der Waals surface area contributed by atoms with Crippen molar-refractivity contribution < 1.29 is 18.8 Å². The highest BCUT2D eigenvalue weighted by molar-refractivity contribution is 6.35. The second-order valence-electron chi connectivity index (χ2n) is 8.73. The molecule has 0 unspecified atom stereocenters. The van der Waals surface area contributed by atoms with Gasteiger partial charge in [-0.05, 0) is 48.0 Å². The number of carbonyl (C=O) groups excluding carboxylic acids is 2. The number of imide groups is 1. The molecule has 0 aliphatic carbocycles. The molecule has 3 atom stereocenters. The smallest absolute Gasteiger partial charge is 0.262 e. The zero-order valence-electron chi connectivity index (χ0n) is 18.9. The average Bonchev–Trinajstić information content (AvgIpc) is 3.59. The van der Waals surface area contributed by atoms with E-state index in [4.69, 9.17) is 32.5 Å². The van der Waals surface area contributed by atoms with E-state index in [1.54, 1.807) is 35.4 Å². The molecule has 2 aliphatic heterocycles. The SMILES string of the molecule is O=C1[C@H]2[C@H](ON(c3ccccc3)[C@@H]2c2ccc(-c3cc(Cl)ccc3Cl)o2)C(=O)N1Cc1ccccc1. The Kier molecular flexibility index (Phi) is 5.80. The maximum Gasteiger partial charge on any atom is 0.262 e. The molecule has 3 heterocycles. The Morgan fingerprint density at radius 3 is 2.28 bits per heavy atom. The lowest BCUT2D eigenvalue weighted by Gasteiger charge is -2.27. The summed E-state index contributed by atoms with van der Waals surface area (Å²) in [5, 5.41) is 2.62. The molecule has 1 aromatic heterocycles. The van der Waals surface area contributed by atoms with Gasteiger partial charge in [-0.3, -0.25) is 19.3 Å². The number of hydrogen-bond donors (Lipinski definition) is 0. The van der Waals surface area contributed by atoms with Gasteiger partial charge in [-0.2, -0.15) is 0 Å². The van der Waals surface area contributed by atoms with E-state index < -0.39 is 18.1 Å². The van der Waals surface area contributed by atoms with Crippen molar-refractivity contribution in [2.75, 3.05) is 5.06 Å². The molecule has 2 aliphatic rings. The molecule has 0 N–H and O–H groups in total. The summed E-state index contributed by atoms with van der Waals surface area (Å²) >= 11 is 12.6. The Labute approximate surface area is 217 Å². The van der Waals surface area contributed by atoms with Gasteiger partial charge < -0.3 is 4.42 Å². The van der Waals surface area contributed by atoms with Gasteiger partial charge in [0.1, 0.15) is 23.5 Å². The highest BCUT2D eigenvalue weighted by atomic mass is 35.5. The molecule has 180 valence electrons. The predicted octanol–water partition coefficient (Wildman–Crippen LogP) is 6.30. The predicted molar refractivity (Wildman–Crippen MR) is 136 cm³/mol. The van der Waals surface area contributed by atoms with Gasteiger partial charge in [0.05, 0.1) is 17.3 Å². The van der Waals surface area contributed by atoms with Crippen LogP contribution in [-0.2, 0) is 21.0 Å². The summed E-state index contributed by atoms with van der Waals surface area (Å²) in [6.45, 7) is 0.189. The van der Waals surface area contributed by atoms with E-state index in [0.29, 0.717) is 32.8 Å². The van der Waals surface area contributed by atoms with Crippen molar-refractivity contribution in [1.82, 2.24) is 4.90 Å². The Hall–Kier alpha value is -3.58. The van der Waals surface area contributed by atoms with Crippen LogP contribution in [0.1, 0.15) is 17.4 Å². The topological polar surface area (TPSA) is 63.0 Å². The van der Waals surface area contributed by atoms with E-state index in [2.05, 4.69) is 0 Å². The number of hydroxylamine groups is 1. The molecular formula is C28H20Cl2N2O4. The summed E-state index contributed by atoms with van der Waals surface area (Å²) < 4.78 is 6.24. The minimum Gasteiger partial charge on any atom is -0.459 e. The van der Waals surface area contributed by atoms with Gasteiger partial charge in [-0.1, -0.05) is 71.7 Å². The highest BCUT2D eigenvalue weighted by Crippen LogP contribution is 2.48. The maximum absolute atomic E-state index is 13.7. The van der Waals surface area contributed by atoms with Crippen LogP contribution in [0.3, 0.4) is 0 Å². The number of benzene rings is 3. The van der Waals surface area contributed by atoms with Crippen molar-refractivity contribution in [3.63, 3.8) is 0 Å². The van der Waals surface area contributed by atoms with E-state index >= 15 is 0 Å². The molecular weight excluding hydrogens is 499 g/mol. The van der Waals surface area contributed by atoms with Crippen molar-refractivity contribution in [1.29, 1.82) is 0 Å². The lowest BCUT2D eigenvalue weighted by molar-refractivity contribution is -0.143. The lowest BCUT2D eigenvalue weighted by atomic mass is 9.94. The standard InChI is InChI=1S/C28H20Cl2N2O4/c29-18-11-12-21(30)20(15-18)22-13-14-23(35-22)25-24-26(36-32(25)19-9-5-2-6-10-19)28(34)31(27(24)33)16-17-7-3-1-4-8-17/h1-15,24-26H,16H2/t24-,25-,26+/m1/s1. The minimum absolute atomic E-state index is 0.189. The van der Waals surface area contributed by atoms with Crippen LogP contribution in [0.2, 0.25) is 10.0 Å². The van der Waals surface area contributed by atoms with Crippen LogP contribution in [0.25, 0.3) is 11.3 Å². The van der Waals surface area contributed by atoms with Crippen LogP contribution in [0.15, 0.2) is 95.4 Å². The summed E-state index contributed by atoms with van der Waals surface area (Å²) in [6.07, 6.45) is -0.949. The van der Waals surface area contributed by atoms with Crippen molar-refractivity contribution in [2.45, 2.75) is 18.7 Å². The Morgan fingerprint density at radius 2 is 1.53 bits per heavy atom. The molecule has 2 amide bonds. The van der Waals surface area contributed by atoms with Crippen LogP contribution in [-0.4, -0.2) is 22.8 Å². The first kappa shape index (κ1) is 22.9. The number of hydrogen-bond acceptors (Lipinski definition) is 5. The normalized spacial score (nSPS) is 21.3. The molecule has 6 rings (SSSR count). The van der Waals surface area contributed by atoms with Gasteiger partial charge >= 0.3 is 0 Å². The molecule has 0 radical (unpaired) electrons. The number of carbonyl (C=O) groups is 2. The van der Waals surface area contributed by atoms with E-state index in [1.807, 2.05) is 60.7 Å². The van der Waals surface area contributed by atoms with Gasteiger partial charge in [0.15, 0.2) is 6.10 Å². The Morgan fingerprint density at radius 1 is 0.806 bits per heavy atom. The Bertz CT molecular complexity index is 1440. The fourth-order valence-corrected chi connectivity index (χ4v) is 5.21. The van der Waals surface area contributed by atoms with Gasteiger partial charge in [0.25, 0.3) is 5.91 Å². The fraction of sp³-hybridized carbons (Fsp3) is 0.143. The summed E-state index contributed by atoms with van der Waals surface area (Å²) in [6, 6.07) is 26.8. The summed E-state index contributed by atoms with van der Waals surface area (Å²) in [4.78, 5) is 34.4.